The molecule has 0 atom stereocenters. The number of nitrogens with zero attached hydrogens (tertiary/aromatic N) is 2. The van der Waals surface area contributed by atoms with E-state index in [1.165, 1.54) is 0 Å². The predicted molar refractivity (Wildman–Crippen MR) is 78.9 cm³/mol. The number of hydrogen-bond acceptors (Lipinski definition) is 4. The van der Waals surface area contributed by atoms with Crippen LogP contribution < -0.4 is 11.2 Å². The van der Waals surface area contributed by atoms with E-state index in [4.69, 9.17) is 5.73 Å². The van der Waals surface area contributed by atoms with Crippen LogP contribution in [-0.4, -0.2) is 55.6 Å². The summed E-state index contributed by atoms with van der Waals surface area (Å²) in [5, 5.41) is 1.96. The van der Waals surface area contributed by atoms with Crippen molar-refractivity contribution in [2.75, 3.05) is 39.8 Å². The van der Waals surface area contributed by atoms with Gasteiger partial charge in [0.2, 0.25) is 0 Å². The summed E-state index contributed by atoms with van der Waals surface area (Å²) in [6.07, 6.45) is 0. The molecule has 1 aromatic rings. The second-order valence-electron chi connectivity index (χ2n) is 4.82. The van der Waals surface area contributed by atoms with E-state index < -0.39 is 0 Å². The van der Waals surface area contributed by atoms with Gasteiger partial charge >= 0.3 is 0 Å². The molecule has 0 aromatic heterocycles. The lowest BCUT2D eigenvalue weighted by Gasteiger charge is -2.32. The van der Waals surface area contributed by atoms with Gasteiger partial charge in [-0.2, -0.15) is 0 Å². The second-order valence-corrected chi connectivity index (χ2v) is 4.82. The predicted octanol–water partition coefficient (Wildman–Crippen LogP) is -0.111. The Morgan fingerprint density at radius 1 is 1.35 bits per heavy atom. The van der Waals surface area contributed by atoms with Crippen molar-refractivity contribution in [3.63, 3.8) is 0 Å². The highest BCUT2D eigenvalue weighted by molar-refractivity contribution is 5.94. The molecule has 5 nitrogen and oxygen atoms in total. The van der Waals surface area contributed by atoms with E-state index in [1.54, 1.807) is 12.1 Å². The highest BCUT2D eigenvalue weighted by Gasteiger charge is 2.16. The van der Waals surface area contributed by atoms with Gasteiger partial charge in [-0.3, -0.25) is 10.2 Å². The van der Waals surface area contributed by atoms with E-state index in [1.807, 2.05) is 17.1 Å². The van der Waals surface area contributed by atoms with Crippen molar-refractivity contribution < 1.29 is 4.79 Å². The number of hydrazine groups is 1. The van der Waals surface area contributed by atoms with Crippen molar-refractivity contribution in [1.29, 1.82) is 0 Å². The molecule has 0 radical (unpaired) electrons. The molecule has 1 aromatic carbocycles. The Morgan fingerprint density at radius 2 is 2.10 bits per heavy atom. The van der Waals surface area contributed by atoms with Crippen molar-refractivity contribution in [3.8, 4) is 11.8 Å². The van der Waals surface area contributed by atoms with Crippen LogP contribution in [0.15, 0.2) is 24.3 Å². The normalized spacial score (nSPS) is 16.3. The van der Waals surface area contributed by atoms with Gasteiger partial charge in [-0.25, -0.2) is 5.01 Å². The van der Waals surface area contributed by atoms with E-state index in [2.05, 4.69) is 29.2 Å². The number of rotatable bonds is 2. The van der Waals surface area contributed by atoms with Crippen LogP contribution in [0.4, 0.5) is 0 Å². The third-order valence-electron chi connectivity index (χ3n) is 3.22. The quantitative estimate of drug-likeness (QED) is 0.738. The fourth-order valence-electron chi connectivity index (χ4n) is 2.02. The third kappa shape index (κ3) is 4.07. The lowest BCUT2D eigenvalue weighted by atomic mass is 10.1. The highest BCUT2D eigenvalue weighted by atomic mass is 16.2. The molecular formula is C15H20N4O. The number of piperazine rings is 1. The number of carbonyl (C=O) groups excluding carboxylic acids is 1. The number of benzene rings is 1. The summed E-state index contributed by atoms with van der Waals surface area (Å²) in [6, 6.07) is 7.28. The topological polar surface area (TPSA) is 61.6 Å². The maximum Gasteiger partial charge on any atom is 0.265 e. The zero-order valence-electron chi connectivity index (χ0n) is 11.7. The molecule has 106 valence electrons. The van der Waals surface area contributed by atoms with Crippen LogP contribution in [0, 0.1) is 11.8 Å². The van der Waals surface area contributed by atoms with Gasteiger partial charge in [0.05, 0.1) is 6.54 Å². The average molecular weight is 272 g/mol. The molecule has 1 amide bonds. The van der Waals surface area contributed by atoms with Crippen LogP contribution in [0.2, 0.25) is 0 Å². The molecule has 2 rings (SSSR count). The second kappa shape index (κ2) is 7.06. The van der Waals surface area contributed by atoms with E-state index in [0.717, 1.165) is 31.7 Å². The fraction of sp³-hybridized carbons (Fsp3) is 0.400. The molecule has 1 saturated heterocycles. The first-order chi connectivity index (χ1) is 9.69. The molecule has 1 aliphatic heterocycles. The highest BCUT2D eigenvalue weighted by Crippen LogP contribution is 2.05. The smallest absolute Gasteiger partial charge is 0.265 e. The van der Waals surface area contributed by atoms with Crippen molar-refractivity contribution >= 4 is 5.91 Å². The van der Waals surface area contributed by atoms with Crippen LogP contribution in [0.25, 0.3) is 0 Å². The van der Waals surface area contributed by atoms with Crippen LogP contribution in [0.1, 0.15) is 15.9 Å². The third-order valence-corrected chi connectivity index (χ3v) is 3.22. The van der Waals surface area contributed by atoms with Crippen molar-refractivity contribution in [2.24, 2.45) is 5.73 Å². The average Bonchev–Trinajstić information content (AvgIpc) is 2.48. The number of nitrogens with one attached hydrogen (secondary N) is 1. The first-order valence-corrected chi connectivity index (χ1v) is 6.72. The molecule has 0 aliphatic carbocycles. The van der Waals surface area contributed by atoms with Gasteiger partial charge in [-0.1, -0.05) is 17.9 Å². The molecular weight excluding hydrogens is 252 g/mol. The van der Waals surface area contributed by atoms with E-state index in [9.17, 15) is 4.79 Å². The van der Waals surface area contributed by atoms with Crippen molar-refractivity contribution in [2.45, 2.75) is 0 Å². The molecule has 1 heterocycles. The Bertz CT molecular complexity index is 524. The molecule has 0 bridgehead atoms. The van der Waals surface area contributed by atoms with Gasteiger partial charge in [0.25, 0.3) is 5.91 Å². The maximum atomic E-state index is 12.2. The Hall–Kier alpha value is -1.87. The number of carbonyl (C=O) groups is 1. The molecule has 3 N–H and O–H groups in total. The van der Waals surface area contributed by atoms with Gasteiger partial charge in [-0.15, -0.1) is 0 Å². The number of nitrogens with two attached hydrogens (primary N) is 1. The summed E-state index contributed by atoms with van der Waals surface area (Å²) in [4.78, 5) is 14.4. The lowest BCUT2D eigenvalue weighted by molar-refractivity contribution is 0.0662. The standard InChI is InChI=1S/C15H20N4O/c1-18-8-10-19(11-9-18)17-15(20)14-6-2-4-13(12-14)5-3-7-16/h2,4,6,12H,7-11,16H2,1H3,(H,17,20). The summed E-state index contributed by atoms with van der Waals surface area (Å²) in [5.41, 5.74) is 9.70. The first-order valence-electron chi connectivity index (χ1n) is 6.72. The fourth-order valence-corrected chi connectivity index (χ4v) is 2.02. The van der Waals surface area contributed by atoms with E-state index >= 15 is 0 Å². The molecule has 0 spiro atoms. The van der Waals surface area contributed by atoms with Gasteiger partial charge in [0.15, 0.2) is 0 Å². The first kappa shape index (κ1) is 14.5. The Labute approximate surface area is 119 Å². The monoisotopic (exact) mass is 272 g/mol. The van der Waals surface area contributed by atoms with Crippen LogP contribution in [0.3, 0.4) is 0 Å². The zero-order chi connectivity index (χ0) is 14.4. The molecule has 1 fully saturated rings. The van der Waals surface area contributed by atoms with Crippen LogP contribution in [0.5, 0.6) is 0 Å². The van der Waals surface area contributed by atoms with Crippen molar-refractivity contribution in [1.82, 2.24) is 15.3 Å². The summed E-state index contributed by atoms with van der Waals surface area (Å²) >= 11 is 0. The SMILES string of the molecule is CN1CCN(NC(=O)c2cccc(C#CCN)c2)CC1. The van der Waals surface area contributed by atoms with Gasteiger partial charge in [-0.05, 0) is 25.2 Å². The number of hydrogen-bond donors (Lipinski definition) is 2. The van der Waals surface area contributed by atoms with Crippen LogP contribution in [-0.2, 0) is 0 Å². The van der Waals surface area contributed by atoms with Crippen LogP contribution >= 0.6 is 0 Å². The van der Waals surface area contributed by atoms with Gasteiger partial charge in [0, 0.05) is 37.3 Å². The molecule has 0 unspecified atom stereocenters. The minimum absolute atomic E-state index is 0.0917. The maximum absolute atomic E-state index is 12.2. The van der Waals surface area contributed by atoms with E-state index in [-0.39, 0.29) is 5.91 Å². The van der Waals surface area contributed by atoms with Gasteiger partial charge < -0.3 is 10.6 Å². The summed E-state index contributed by atoms with van der Waals surface area (Å²) < 4.78 is 0. The number of likely N-dealkylation sites (N-methyl/N-ethyl adjacent to an activating group) is 1. The van der Waals surface area contributed by atoms with E-state index in [0.29, 0.717) is 12.1 Å². The lowest BCUT2D eigenvalue weighted by Crippen LogP contribution is -2.52. The molecule has 5 heteroatoms. The molecule has 0 saturated carbocycles. The minimum atomic E-state index is -0.0917. The minimum Gasteiger partial charge on any atom is -0.320 e. The van der Waals surface area contributed by atoms with Crippen molar-refractivity contribution in [3.05, 3.63) is 35.4 Å². The summed E-state index contributed by atoms with van der Waals surface area (Å²) in [7, 11) is 2.08. The largest absolute Gasteiger partial charge is 0.320 e. The number of amides is 1. The molecule has 1 aliphatic rings. The summed E-state index contributed by atoms with van der Waals surface area (Å²) in [6.45, 7) is 3.92. The van der Waals surface area contributed by atoms with Gasteiger partial charge in [0.1, 0.15) is 0 Å². The Balaban J connectivity index is 1.98. The molecule has 20 heavy (non-hydrogen) atoms. The zero-order valence-corrected chi connectivity index (χ0v) is 11.7. The summed E-state index contributed by atoms with van der Waals surface area (Å²) in [5.74, 6) is 5.63. The Morgan fingerprint density at radius 3 is 2.80 bits per heavy atom. The Kier molecular flexibility index (Phi) is 5.13.